The summed E-state index contributed by atoms with van der Waals surface area (Å²) in [6, 6.07) is 0. The Bertz CT molecular complexity index is 281. The van der Waals surface area contributed by atoms with Crippen molar-refractivity contribution in [2.75, 3.05) is 7.11 Å². The van der Waals surface area contributed by atoms with E-state index in [9.17, 15) is 18.4 Å². The zero-order chi connectivity index (χ0) is 11.6. The molecule has 0 aliphatic heterocycles. The van der Waals surface area contributed by atoms with Crippen LogP contribution < -0.4 is 0 Å². The zero-order valence-electron chi connectivity index (χ0n) is 8.13. The Hall–Kier alpha value is -0.710. The molecule has 1 rings (SSSR count). The van der Waals surface area contributed by atoms with E-state index >= 15 is 0 Å². The number of carbonyl (C=O) groups is 2. The maximum absolute atomic E-state index is 13.0. The molecule has 0 aromatic rings. The van der Waals surface area contributed by atoms with Crippen LogP contribution in [0.2, 0.25) is 0 Å². The molecule has 0 spiro atoms. The van der Waals surface area contributed by atoms with Gasteiger partial charge < -0.3 is 4.74 Å². The summed E-state index contributed by atoms with van der Waals surface area (Å²) in [4.78, 5) is 22.2. The van der Waals surface area contributed by atoms with E-state index in [4.69, 9.17) is 11.6 Å². The third kappa shape index (κ3) is 2.87. The van der Waals surface area contributed by atoms with Gasteiger partial charge in [-0.15, -0.1) is 0 Å². The highest BCUT2D eigenvalue weighted by molar-refractivity contribution is 6.64. The zero-order valence-corrected chi connectivity index (χ0v) is 8.89. The first-order valence-electron chi connectivity index (χ1n) is 4.52. The second kappa shape index (κ2) is 4.43. The van der Waals surface area contributed by atoms with Gasteiger partial charge in [-0.25, -0.2) is 8.78 Å². The van der Waals surface area contributed by atoms with Crippen LogP contribution in [0.3, 0.4) is 0 Å². The fraction of sp³-hybridized carbons (Fsp3) is 0.778. The third-order valence-corrected chi connectivity index (χ3v) is 2.90. The molecule has 86 valence electrons. The molecule has 1 aliphatic rings. The Balaban J connectivity index is 2.83. The largest absolute Gasteiger partial charge is 0.469 e. The molecule has 1 fully saturated rings. The summed E-state index contributed by atoms with van der Waals surface area (Å²) in [6.07, 6.45) is -1.15. The van der Waals surface area contributed by atoms with Crippen molar-refractivity contribution < 1.29 is 23.1 Å². The van der Waals surface area contributed by atoms with Crippen molar-refractivity contribution in [3.8, 4) is 0 Å². The standard InChI is InChI=1S/C9H11ClF2O3/c1-15-8(14)6-4-9(11,12)3-2-5(6)7(10)13/h5-6H,2-4H2,1H3. The molecule has 0 heterocycles. The van der Waals surface area contributed by atoms with Crippen LogP contribution in [0.25, 0.3) is 0 Å². The van der Waals surface area contributed by atoms with Crippen LogP contribution in [0.5, 0.6) is 0 Å². The van der Waals surface area contributed by atoms with Crippen LogP contribution in [0, 0.1) is 11.8 Å². The van der Waals surface area contributed by atoms with Gasteiger partial charge in [-0.3, -0.25) is 9.59 Å². The first kappa shape index (κ1) is 12.4. The van der Waals surface area contributed by atoms with E-state index < -0.39 is 41.8 Å². The highest BCUT2D eigenvalue weighted by Crippen LogP contribution is 2.41. The third-order valence-electron chi connectivity index (χ3n) is 2.62. The normalized spacial score (nSPS) is 29.6. The first-order valence-corrected chi connectivity index (χ1v) is 4.90. The predicted octanol–water partition coefficient (Wildman–Crippen LogP) is 1.98. The predicted molar refractivity (Wildman–Crippen MR) is 48.7 cm³/mol. The van der Waals surface area contributed by atoms with Crippen molar-refractivity contribution in [2.45, 2.75) is 25.2 Å². The number of hydrogen-bond donors (Lipinski definition) is 0. The van der Waals surface area contributed by atoms with Crippen molar-refractivity contribution in [3.63, 3.8) is 0 Å². The molecule has 1 saturated carbocycles. The minimum Gasteiger partial charge on any atom is -0.469 e. The molecule has 15 heavy (non-hydrogen) atoms. The number of esters is 1. The van der Waals surface area contributed by atoms with Crippen LogP contribution in [-0.2, 0) is 14.3 Å². The molecule has 0 N–H and O–H groups in total. The second-order valence-electron chi connectivity index (χ2n) is 3.64. The van der Waals surface area contributed by atoms with E-state index in [-0.39, 0.29) is 6.42 Å². The van der Waals surface area contributed by atoms with E-state index in [0.717, 1.165) is 7.11 Å². The minimum absolute atomic E-state index is 0.0743. The van der Waals surface area contributed by atoms with Crippen LogP contribution >= 0.6 is 11.6 Å². The molecular formula is C9H11ClF2O3. The SMILES string of the molecule is COC(=O)C1CC(F)(F)CCC1C(=O)Cl. The van der Waals surface area contributed by atoms with Gasteiger partial charge in [0.25, 0.3) is 0 Å². The summed E-state index contributed by atoms with van der Waals surface area (Å²) in [6.45, 7) is 0. The second-order valence-corrected chi connectivity index (χ2v) is 4.01. The van der Waals surface area contributed by atoms with Crippen LogP contribution in [-0.4, -0.2) is 24.2 Å². The maximum Gasteiger partial charge on any atom is 0.309 e. The average molecular weight is 241 g/mol. The highest BCUT2D eigenvalue weighted by atomic mass is 35.5. The molecule has 0 bridgehead atoms. The number of carbonyl (C=O) groups excluding carboxylic acids is 2. The molecule has 0 radical (unpaired) electrons. The lowest BCUT2D eigenvalue weighted by atomic mass is 9.78. The van der Waals surface area contributed by atoms with Crippen LogP contribution in [0.1, 0.15) is 19.3 Å². The van der Waals surface area contributed by atoms with Gasteiger partial charge in [-0.05, 0) is 18.0 Å². The fourth-order valence-electron chi connectivity index (χ4n) is 1.80. The van der Waals surface area contributed by atoms with Gasteiger partial charge in [0, 0.05) is 18.8 Å². The van der Waals surface area contributed by atoms with E-state index in [1.807, 2.05) is 0 Å². The summed E-state index contributed by atoms with van der Waals surface area (Å²) >= 11 is 5.25. The molecule has 0 aromatic heterocycles. The van der Waals surface area contributed by atoms with Gasteiger partial charge in [-0.1, -0.05) is 0 Å². The lowest BCUT2D eigenvalue weighted by Crippen LogP contribution is -2.39. The maximum atomic E-state index is 13.0. The topological polar surface area (TPSA) is 43.4 Å². The average Bonchev–Trinajstić information content (AvgIpc) is 2.14. The molecule has 0 amide bonds. The first-order chi connectivity index (χ1) is 6.87. The van der Waals surface area contributed by atoms with Gasteiger partial charge in [-0.2, -0.15) is 0 Å². The summed E-state index contributed by atoms with van der Waals surface area (Å²) in [7, 11) is 1.10. The molecule has 2 atom stereocenters. The number of hydrogen-bond acceptors (Lipinski definition) is 3. The van der Waals surface area contributed by atoms with Gasteiger partial charge in [0.05, 0.1) is 13.0 Å². The molecule has 2 unspecified atom stereocenters. The van der Waals surface area contributed by atoms with Crippen LogP contribution in [0.15, 0.2) is 0 Å². The van der Waals surface area contributed by atoms with Gasteiger partial charge in [0.1, 0.15) is 0 Å². The summed E-state index contributed by atoms with van der Waals surface area (Å²) in [5.41, 5.74) is 0. The van der Waals surface area contributed by atoms with Crippen molar-refractivity contribution in [3.05, 3.63) is 0 Å². The van der Waals surface area contributed by atoms with E-state index in [0.29, 0.717) is 0 Å². The van der Waals surface area contributed by atoms with Crippen molar-refractivity contribution in [1.29, 1.82) is 0 Å². The van der Waals surface area contributed by atoms with E-state index in [2.05, 4.69) is 4.74 Å². The minimum atomic E-state index is -2.91. The monoisotopic (exact) mass is 240 g/mol. The number of halogens is 3. The fourth-order valence-corrected chi connectivity index (χ4v) is 2.07. The molecule has 0 saturated heterocycles. The van der Waals surface area contributed by atoms with Crippen molar-refractivity contribution in [1.82, 2.24) is 0 Å². The van der Waals surface area contributed by atoms with Gasteiger partial charge in [0.15, 0.2) is 0 Å². The quantitative estimate of drug-likeness (QED) is 0.548. The summed E-state index contributed by atoms with van der Waals surface area (Å²) < 4.78 is 30.4. The molecule has 1 aliphatic carbocycles. The van der Waals surface area contributed by atoms with Gasteiger partial charge in [0.2, 0.25) is 11.2 Å². The molecule has 0 aromatic carbocycles. The van der Waals surface area contributed by atoms with Gasteiger partial charge >= 0.3 is 5.97 Å². The molecule has 6 heteroatoms. The van der Waals surface area contributed by atoms with Crippen molar-refractivity contribution >= 4 is 22.8 Å². The molecule has 3 nitrogen and oxygen atoms in total. The highest BCUT2D eigenvalue weighted by Gasteiger charge is 2.47. The number of alkyl halides is 2. The Kier molecular flexibility index (Phi) is 3.65. The number of ether oxygens (including phenoxy) is 1. The summed E-state index contributed by atoms with van der Waals surface area (Å²) in [5, 5.41) is -0.749. The smallest absolute Gasteiger partial charge is 0.309 e. The Morgan fingerprint density at radius 2 is 2.00 bits per heavy atom. The molecular weight excluding hydrogens is 230 g/mol. The number of methoxy groups -OCH3 is 1. The lowest BCUT2D eigenvalue weighted by molar-refractivity contribution is -0.158. The van der Waals surface area contributed by atoms with E-state index in [1.54, 1.807) is 0 Å². The Morgan fingerprint density at radius 3 is 2.47 bits per heavy atom. The Morgan fingerprint density at radius 1 is 1.40 bits per heavy atom. The van der Waals surface area contributed by atoms with Crippen molar-refractivity contribution in [2.24, 2.45) is 11.8 Å². The Labute approximate surface area is 90.7 Å². The van der Waals surface area contributed by atoms with Crippen LogP contribution in [0.4, 0.5) is 8.78 Å². The number of rotatable bonds is 2. The summed E-state index contributed by atoms with van der Waals surface area (Å²) in [5.74, 6) is -5.68. The van der Waals surface area contributed by atoms with E-state index in [1.165, 1.54) is 0 Å². The lowest BCUT2D eigenvalue weighted by Gasteiger charge is -2.32.